The van der Waals surface area contributed by atoms with Crippen molar-refractivity contribution in [3.8, 4) is 0 Å². The lowest BCUT2D eigenvalue weighted by molar-refractivity contribution is -0.170. The number of hydrogen-bond donors (Lipinski definition) is 2. The number of nitrogens with zero attached hydrogens (tertiary/aromatic N) is 3. The predicted octanol–water partition coefficient (Wildman–Crippen LogP) is 5.46. The van der Waals surface area contributed by atoms with Crippen LogP contribution in [0.15, 0.2) is 12.1 Å². The summed E-state index contributed by atoms with van der Waals surface area (Å²) >= 11 is 0. The predicted molar refractivity (Wildman–Crippen MR) is 143 cm³/mol. The van der Waals surface area contributed by atoms with Crippen molar-refractivity contribution < 1.29 is 18.7 Å². The van der Waals surface area contributed by atoms with Gasteiger partial charge in [-0.1, -0.05) is 6.92 Å². The van der Waals surface area contributed by atoms with Gasteiger partial charge in [-0.15, -0.1) is 0 Å². The Bertz CT molecular complexity index is 1160. The maximum atomic E-state index is 15.8. The van der Waals surface area contributed by atoms with Gasteiger partial charge in [-0.05, 0) is 80.8 Å². The van der Waals surface area contributed by atoms with Crippen LogP contribution in [0, 0.1) is 18.2 Å². The van der Waals surface area contributed by atoms with E-state index >= 15 is 4.39 Å². The average molecular weight is 516 g/mol. The van der Waals surface area contributed by atoms with Gasteiger partial charge >= 0.3 is 5.97 Å². The van der Waals surface area contributed by atoms with Crippen LogP contribution >= 0.6 is 0 Å². The number of carbonyl (C=O) groups is 2. The number of hydrogen-bond acceptors (Lipinski definition) is 7. The molecule has 0 radical (unpaired) electrons. The highest BCUT2D eigenvalue weighted by Crippen LogP contribution is 2.39. The third kappa shape index (κ3) is 6.74. The van der Waals surface area contributed by atoms with E-state index in [-0.39, 0.29) is 47.4 Å². The molecule has 0 spiro atoms. The third-order valence-electron chi connectivity index (χ3n) is 6.56. The molecule has 2 aromatic heterocycles. The maximum Gasteiger partial charge on any atom is 0.313 e. The van der Waals surface area contributed by atoms with Gasteiger partial charge in [0, 0.05) is 30.6 Å². The van der Waals surface area contributed by atoms with E-state index in [1.807, 2.05) is 45.4 Å². The van der Waals surface area contributed by atoms with E-state index in [1.54, 1.807) is 6.92 Å². The second-order valence-electron chi connectivity index (χ2n) is 12.2. The van der Waals surface area contributed by atoms with Gasteiger partial charge in [0.05, 0.1) is 22.2 Å². The summed E-state index contributed by atoms with van der Waals surface area (Å²) in [6.45, 7) is 17.9. The molecule has 0 saturated carbocycles. The highest BCUT2D eigenvalue weighted by atomic mass is 19.1. The van der Waals surface area contributed by atoms with E-state index < -0.39 is 16.8 Å². The zero-order valence-corrected chi connectivity index (χ0v) is 23.7. The highest BCUT2D eigenvalue weighted by Gasteiger charge is 2.45. The largest absolute Gasteiger partial charge is 0.460 e. The third-order valence-corrected chi connectivity index (χ3v) is 6.56. The molecule has 2 aromatic rings. The van der Waals surface area contributed by atoms with E-state index in [2.05, 4.69) is 41.5 Å². The van der Waals surface area contributed by atoms with E-state index in [0.29, 0.717) is 31.0 Å². The van der Waals surface area contributed by atoms with Gasteiger partial charge in [-0.3, -0.25) is 14.3 Å². The van der Waals surface area contributed by atoms with Crippen LogP contribution in [0.25, 0.3) is 0 Å². The number of nitrogens with one attached hydrogen (secondary N) is 2. The molecule has 1 aliphatic heterocycles. The number of rotatable bonds is 7. The van der Waals surface area contributed by atoms with Gasteiger partial charge < -0.3 is 15.4 Å². The molecule has 0 bridgehead atoms. The van der Waals surface area contributed by atoms with Crippen LogP contribution in [0.1, 0.15) is 96.4 Å². The van der Waals surface area contributed by atoms with Gasteiger partial charge in [0.2, 0.25) is 0 Å². The lowest BCUT2D eigenvalue weighted by atomic mass is 9.72. The first kappa shape index (κ1) is 28.8. The quantitative estimate of drug-likeness (QED) is 0.373. The topological polar surface area (TPSA) is 98.1 Å². The number of esters is 1. The van der Waals surface area contributed by atoms with Crippen molar-refractivity contribution >= 4 is 23.4 Å². The Morgan fingerprint density at radius 1 is 1.22 bits per heavy atom. The minimum atomic E-state index is -0.957. The Labute approximate surface area is 219 Å². The first-order valence-electron chi connectivity index (χ1n) is 13.1. The van der Waals surface area contributed by atoms with Gasteiger partial charge in [0.1, 0.15) is 11.4 Å². The van der Waals surface area contributed by atoms with Crippen LogP contribution in [-0.4, -0.2) is 44.7 Å². The van der Waals surface area contributed by atoms with Gasteiger partial charge in [0.25, 0.3) is 0 Å². The van der Waals surface area contributed by atoms with Crippen molar-refractivity contribution in [2.24, 2.45) is 5.41 Å². The van der Waals surface area contributed by atoms with Crippen molar-refractivity contribution in [3.05, 3.63) is 34.9 Å². The molecule has 204 valence electrons. The SMILES string of the molecule is CCC(=O)c1cc(Nc2cc(C)n(C(C)(C)C)n2)nc(C[C@@]2(C(=O)OC(C)(C)C)CCN[C@H](C)C2)c1F. The molecule has 0 aromatic carbocycles. The van der Waals surface area contributed by atoms with E-state index in [1.165, 1.54) is 6.07 Å². The number of pyridine rings is 1. The molecule has 1 saturated heterocycles. The second kappa shape index (κ2) is 10.5. The molecule has 8 nitrogen and oxygen atoms in total. The maximum absolute atomic E-state index is 15.8. The zero-order valence-electron chi connectivity index (χ0n) is 23.7. The number of Topliss-reactive ketones (excluding diaryl/α,β-unsaturated/α-hetero) is 1. The minimum absolute atomic E-state index is 0.0364. The van der Waals surface area contributed by atoms with Gasteiger partial charge in [0.15, 0.2) is 17.4 Å². The smallest absolute Gasteiger partial charge is 0.313 e. The van der Waals surface area contributed by atoms with E-state index in [9.17, 15) is 9.59 Å². The van der Waals surface area contributed by atoms with E-state index in [4.69, 9.17) is 4.74 Å². The number of ether oxygens (including phenoxy) is 1. The van der Waals surface area contributed by atoms with Crippen LogP contribution in [-0.2, 0) is 21.5 Å². The number of anilines is 2. The molecule has 0 amide bonds. The van der Waals surface area contributed by atoms with E-state index in [0.717, 1.165) is 5.69 Å². The fraction of sp³-hybridized carbons (Fsp3) is 0.643. The molecule has 2 N–H and O–H groups in total. The molecule has 0 aliphatic carbocycles. The Balaban J connectivity index is 2.06. The average Bonchev–Trinajstić information content (AvgIpc) is 3.14. The summed E-state index contributed by atoms with van der Waals surface area (Å²) in [5.74, 6) is -0.512. The van der Waals surface area contributed by atoms with Gasteiger partial charge in [-0.2, -0.15) is 5.10 Å². The molecule has 3 heterocycles. The molecule has 2 atom stereocenters. The number of carbonyl (C=O) groups excluding carboxylic acids is 2. The molecule has 9 heteroatoms. The monoisotopic (exact) mass is 515 g/mol. The number of aryl methyl sites for hydroxylation is 1. The number of piperidine rings is 1. The summed E-state index contributed by atoms with van der Waals surface area (Å²) in [7, 11) is 0. The molecule has 37 heavy (non-hydrogen) atoms. The van der Waals surface area contributed by atoms with Crippen LogP contribution < -0.4 is 10.6 Å². The highest BCUT2D eigenvalue weighted by molar-refractivity contribution is 5.97. The summed E-state index contributed by atoms with van der Waals surface area (Å²) in [5.41, 5.74) is -0.866. The first-order chi connectivity index (χ1) is 17.0. The normalized spacial score (nSPS) is 20.5. The Hall–Kier alpha value is -2.81. The van der Waals surface area contributed by atoms with Crippen molar-refractivity contribution in [1.82, 2.24) is 20.1 Å². The summed E-state index contributed by atoms with van der Waals surface area (Å²) in [6, 6.07) is 3.36. The van der Waals surface area contributed by atoms with Crippen molar-refractivity contribution in [2.45, 2.75) is 105 Å². The fourth-order valence-corrected chi connectivity index (χ4v) is 4.95. The Kier molecular flexibility index (Phi) is 8.17. The fourth-order valence-electron chi connectivity index (χ4n) is 4.95. The lowest BCUT2D eigenvalue weighted by Crippen LogP contribution is -2.50. The summed E-state index contributed by atoms with van der Waals surface area (Å²) in [4.78, 5) is 30.8. The molecule has 3 rings (SSSR count). The molecular formula is C28H42FN5O3. The summed E-state index contributed by atoms with van der Waals surface area (Å²) < 4.78 is 23.5. The number of ketones is 1. The van der Waals surface area contributed by atoms with Crippen molar-refractivity contribution in [3.63, 3.8) is 0 Å². The van der Waals surface area contributed by atoms with Gasteiger partial charge in [-0.25, -0.2) is 9.37 Å². The summed E-state index contributed by atoms with van der Waals surface area (Å²) in [6.07, 6.45) is 1.15. The lowest BCUT2D eigenvalue weighted by Gasteiger charge is -2.40. The minimum Gasteiger partial charge on any atom is -0.460 e. The van der Waals surface area contributed by atoms with Crippen LogP contribution in [0.5, 0.6) is 0 Å². The van der Waals surface area contributed by atoms with Crippen LogP contribution in [0.4, 0.5) is 16.0 Å². The van der Waals surface area contributed by atoms with Crippen molar-refractivity contribution in [2.75, 3.05) is 11.9 Å². The number of halogens is 1. The summed E-state index contributed by atoms with van der Waals surface area (Å²) in [5, 5.41) is 11.2. The standard InChI is InChI=1S/C28H42FN5O3/c1-10-21(35)19-14-22(32-23-13-18(3)34(33-23)26(4,5)6)31-20(24(19)29)16-28(11-12-30-17(2)15-28)25(36)37-27(7,8)9/h13-14,17,30H,10-12,15-16H2,1-9H3,(H,31,32,33)/t17-,28-/m1/s1. The second-order valence-corrected chi connectivity index (χ2v) is 12.2. The molecular weight excluding hydrogens is 473 g/mol. The van der Waals surface area contributed by atoms with Crippen LogP contribution in [0.2, 0.25) is 0 Å². The first-order valence-corrected chi connectivity index (χ1v) is 13.1. The molecule has 1 fully saturated rings. The Morgan fingerprint density at radius 3 is 2.43 bits per heavy atom. The number of aromatic nitrogens is 3. The van der Waals surface area contributed by atoms with Crippen LogP contribution in [0.3, 0.4) is 0 Å². The zero-order chi connectivity index (χ0) is 27.8. The Morgan fingerprint density at radius 2 is 1.89 bits per heavy atom. The van der Waals surface area contributed by atoms with Crippen molar-refractivity contribution in [1.29, 1.82) is 0 Å². The molecule has 1 aliphatic rings. The molecule has 0 unspecified atom stereocenters.